The van der Waals surface area contributed by atoms with Crippen molar-refractivity contribution in [3.05, 3.63) is 11.1 Å². The first-order valence-corrected chi connectivity index (χ1v) is 14.0. The van der Waals surface area contributed by atoms with Crippen LogP contribution in [-0.2, 0) is 0 Å². The third kappa shape index (κ3) is 3.85. The minimum Gasteiger partial charge on any atom is -0.0772 e. The van der Waals surface area contributed by atoms with Crippen LogP contribution in [0.1, 0.15) is 131 Å². The summed E-state index contributed by atoms with van der Waals surface area (Å²) in [6, 6.07) is 0. The van der Waals surface area contributed by atoms with Gasteiger partial charge in [-0.25, -0.2) is 0 Å². The zero-order valence-electron chi connectivity index (χ0n) is 21.4. The SMILES string of the molecule is CCC(CCC[C@@H](C)[C@H]1CC[C@H]2[C@@H]3CCC4CCCC[C@]4(C)[C@H]3CC[C@]12C)=C(C)C. The summed E-state index contributed by atoms with van der Waals surface area (Å²) in [6.45, 7) is 15.1. The number of rotatable bonds is 6. The largest absolute Gasteiger partial charge is 0.0772 e. The second-order valence-electron chi connectivity index (χ2n) is 13.0. The molecule has 4 aliphatic rings. The second kappa shape index (κ2) is 8.94. The van der Waals surface area contributed by atoms with Gasteiger partial charge in [0, 0.05) is 0 Å². The molecule has 0 heteroatoms. The molecule has 0 bridgehead atoms. The number of hydrogen-bond donors (Lipinski definition) is 0. The summed E-state index contributed by atoms with van der Waals surface area (Å²) in [4.78, 5) is 0. The molecule has 0 nitrogen and oxygen atoms in total. The third-order valence-corrected chi connectivity index (χ3v) is 11.6. The molecule has 8 atom stereocenters. The van der Waals surface area contributed by atoms with Crippen LogP contribution >= 0.6 is 0 Å². The molecule has 172 valence electrons. The van der Waals surface area contributed by atoms with E-state index < -0.39 is 0 Å². The van der Waals surface area contributed by atoms with E-state index in [0.717, 1.165) is 35.5 Å². The highest BCUT2D eigenvalue weighted by Crippen LogP contribution is 2.68. The van der Waals surface area contributed by atoms with Crippen LogP contribution in [0, 0.1) is 46.3 Å². The van der Waals surface area contributed by atoms with E-state index in [9.17, 15) is 0 Å². The molecule has 4 fully saturated rings. The van der Waals surface area contributed by atoms with Crippen molar-refractivity contribution in [1.82, 2.24) is 0 Å². The van der Waals surface area contributed by atoms with E-state index in [-0.39, 0.29) is 0 Å². The lowest BCUT2D eigenvalue weighted by molar-refractivity contribution is -0.114. The van der Waals surface area contributed by atoms with E-state index in [1.807, 2.05) is 0 Å². The van der Waals surface area contributed by atoms with Crippen molar-refractivity contribution >= 4 is 0 Å². The van der Waals surface area contributed by atoms with Crippen LogP contribution in [0.4, 0.5) is 0 Å². The molecule has 0 spiro atoms. The first kappa shape index (κ1) is 22.9. The van der Waals surface area contributed by atoms with Crippen LogP contribution in [-0.4, -0.2) is 0 Å². The number of allylic oxidation sites excluding steroid dienone is 2. The quantitative estimate of drug-likeness (QED) is 0.381. The van der Waals surface area contributed by atoms with Crippen molar-refractivity contribution in [3.8, 4) is 0 Å². The zero-order chi connectivity index (χ0) is 21.5. The van der Waals surface area contributed by atoms with E-state index in [1.165, 1.54) is 44.9 Å². The Labute approximate surface area is 189 Å². The van der Waals surface area contributed by atoms with Gasteiger partial charge in [-0.2, -0.15) is 0 Å². The fourth-order valence-electron chi connectivity index (χ4n) is 9.89. The maximum atomic E-state index is 2.75. The molecule has 0 aromatic carbocycles. The molecule has 0 radical (unpaired) electrons. The maximum Gasteiger partial charge on any atom is -0.0264 e. The van der Waals surface area contributed by atoms with Crippen LogP contribution in [0.15, 0.2) is 11.1 Å². The molecule has 0 aromatic rings. The molecule has 0 amide bonds. The molecular weight excluding hydrogens is 360 g/mol. The summed E-state index contributed by atoms with van der Waals surface area (Å²) in [5, 5.41) is 0. The van der Waals surface area contributed by atoms with Crippen LogP contribution in [0.2, 0.25) is 0 Å². The highest BCUT2D eigenvalue weighted by atomic mass is 14.6. The van der Waals surface area contributed by atoms with Gasteiger partial charge >= 0.3 is 0 Å². The van der Waals surface area contributed by atoms with Gasteiger partial charge in [-0.15, -0.1) is 0 Å². The van der Waals surface area contributed by atoms with Crippen molar-refractivity contribution in [2.24, 2.45) is 46.3 Å². The van der Waals surface area contributed by atoms with Crippen molar-refractivity contribution < 1.29 is 0 Å². The Morgan fingerprint density at radius 1 is 0.867 bits per heavy atom. The lowest BCUT2D eigenvalue weighted by Crippen LogP contribution is -2.53. The highest BCUT2D eigenvalue weighted by molar-refractivity contribution is 5.10. The second-order valence-corrected chi connectivity index (χ2v) is 13.0. The molecule has 4 rings (SSSR count). The Morgan fingerprint density at radius 3 is 2.37 bits per heavy atom. The molecule has 0 saturated heterocycles. The van der Waals surface area contributed by atoms with Gasteiger partial charge in [0.25, 0.3) is 0 Å². The Kier molecular flexibility index (Phi) is 6.83. The average Bonchev–Trinajstić information content (AvgIpc) is 3.07. The van der Waals surface area contributed by atoms with E-state index >= 15 is 0 Å². The van der Waals surface area contributed by atoms with Crippen molar-refractivity contribution in [2.45, 2.75) is 131 Å². The predicted molar refractivity (Wildman–Crippen MR) is 132 cm³/mol. The fourth-order valence-corrected chi connectivity index (χ4v) is 9.89. The van der Waals surface area contributed by atoms with Gasteiger partial charge in [0.2, 0.25) is 0 Å². The molecule has 30 heavy (non-hydrogen) atoms. The molecule has 0 heterocycles. The lowest BCUT2D eigenvalue weighted by Gasteiger charge is -2.61. The van der Waals surface area contributed by atoms with Gasteiger partial charge < -0.3 is 0 Å². The van der Waals surface area contributed by atoms with E-state index in [2.05, 4.69) is 41.5 Å². The Bertz CT molecular complexity index is 624. The summed E-state index contributed by atoms with van der Waals surface area (Å²) in [5.41, 5.74) is 4.65. The van der Waals surface area contributed by atoms with Gasteiger partial charge in [-0.05, 0) is 131 Å². The standard InChI is InChI=1S/C30H52/c1-7-23(21(2)3)12-10-11-22(4)26-16-17-27-25-15-14-24-13-8-9-19-29(24,5)28(25)18-20-30(26,27)6/h22,24-28H,7-20H2,1-6H3/t22-,24?,25+,26-,27+,28+,29+,30-/m1/s1. The minimum absolute atomic E-state index is 0.655. The number of hydrogen-bond acceptors (Lipinski definition) is 0. The zero-order valence-corrected chi connectivity index (χ0v) is 21.4. The Morgan fingerprint density at radius 2 is 1.63 bits per heavy atom. The fraction of sp³-hybridized carbons (Fsp3) is 0.933. The summed E-state index contributed by atoms with van der Waals surface area (Å²) < 4.78 is 0. The van der Waals surface area contributed by atoms with Crippen LogP contribution < -0.4 is 0 Å². The lowest BCUT2D eigenvalue weighted by atomic mass is 9.44. The molecule has 0 aromatic heterocycles. The molecule has 0 N–H and O–H groups in total. The summed E-state index contributed by atoms with van der Waals surface area (Å²) in [7, 11) is 0. The van der Waals surface area contributed by atoms with Crippen molar-refractivity contribution in [1.29, 1.82) is 0 Å². The molecule has 4 aliphatic carbocycles. The van der Waals surface area contributed by atoms with Crippen LogP contribution in [0.25, 0.3) is 0 Å². The van der Waals surface area contributed by atoms with Crippen molar-refractivity contribution in [2.75, 3.05) is 0 Å². The topological polar surface area (TPSA) is 0 Å². The van der Waals surface area contributed by atoms with Crippen LogP contribution in [0.5, 0.6) is 0 Å². The smallest absolute Gasteiger partial charge is 0.0264 e. The first-order chi connectivity index (χ1) is 14.3. The number of fused-ring (bicyclic) bond motifs is 5. The van der Waals surface area contributed by atoms with E-state index in [0.29, 0.717) is 10.8 Å². The van der Waals surface area contributed by atoms with Gasteiger partial charge in [0.05, 0.1) is 0 Å². The van der Waals surface area contributed by atoms with Crippen molar-refractivity contribution in [3.63, 3.8) is 0 Å². The summed E-state index contributed by atoms with van der Waals surface area (Å²) >= 11 is 0. The molecule has 4 saturated carbocycles. The van der Waals surface area contributed by atoms with E-state index in [4.69, 9.17) is 0 Å². The van der Waals surface area contributed by atoms with Gasteiger partial charge in [-0.3, -0.25) is 0 Å². The normalized spacial score (nSPS) is 44.0. The monoisotopic (exact) mass is 412 g/mol. The van der Waals surface area contributed by atoms with Gasteiger partial charge in [0.15, 0.2) is 0 Å². The Balaban J connectivity index is 1.42. The first-order valence-electron chi connectivity index (χ1n) is 14.0. The average molecular weight is 413 g/mol. The molecular formula is C30H52. The maximum absolute atomic E-state index is 2.75. The summed E-state index contributed by atoms with van der Waals surface area (Å²) in [5.74, 6) is 6.17. The molecule has 0 aliphatic heterocycles. The van der Waals surface area contributed by atoms with E-state index in [1.54, 1.807) is 56.1 Å². The van der Waals surface area contributed by atoms with Crippen LogP contribution in [0.3, 0.4) is 0 Å². The molecule has 1 unspecified atom stereocenters. The summed E-state index contributed by atoms with van der Waals surface area (Å²) in [6.07, 6.45) is 20.9. The predicted octanol–water partition coefficient (Wildman–Crippen LogP) is 9.59. The minimum atomic E-state index is 0.655. The van der Waals surface area contributed by atoms with Gasteiger partial charge in [-0.1, -0.05) is 58.1 Å². The Hall–Kier alpha value is -0.260. The van der Waals surface area contributed by atoms with Gasteiger partial charge in [0.1, 0.15) is 0 Å². The highest BCUT2D eigenvalue weighted by Gasteiger charge is 2.59. The third-order valence-electron chi connectivity index (χ3n) is 11.6.